The van der Waals surface area contributed by atoms with E-state index in [4.69, 9.17) is 19.3 Å². The first-order chi connectivity index (χ1) is 11.6. The molecule has 126 valence electrons. The van der Waals surface area contributed by atoms with E-state index in [1.807, 2.05) is 18.2 Å². The van der Waals surface area contributed by atoms with Gasteiger partial charge in [-0.1, -0.05) is 18.2 Å². The molecule has 2 aromatic rings. The minimum Gasteiger partial charge on any atom is -0.504 e. The van der Waals surface area contributed by atoms with E-state index in [1.165, 1.54) is 12.1 Å². The third-order valence-corrected chi connectivity index (χ3v) is 3.04. The van der Waals surface area contributed by atoms with Crippen molar-refractivity contribution in [3.63, 3.8) is 0 Å². The summed E-state index contributed by atoms with van der Waals surface area (Å²) in [5.74, 6) is -0.140. The minimum absolute atomic E-state index is 0.0192. The van der Waals surface area contributed by atoms with E-state index in [1.54, 1.807) is 25.3 Å². The Kier molecular flexibility index (Phi) is 6.22. The van der Waals surface area contributed by atoms with Gasteiger partial charge < -0.3 is 24.4 Å². The number of phenolic OH excluding ortho intramolecular Hbond substituents is 1. The van der Waals surface area contributed by atoms with E-state index in [2.05, 4.69) is 0 Å². The standard InChI is InChI=1S/C18H18O6/c1-22-12-24-15-4-2-3-14(9-15)11-23-17-10-13(5-7-16(17)19)6-8-18(20)21/h2-10,19H,11-12H2,1H3,(H,20,21)/b8-6+. The number of carbonyl (C=O) groups is 1. The first-order valence-corrected chi connectivity index (χ1v) is 7.16. The van der Waals surface area contributed by atoms with Gasteiger partial charge in [0.25, 0.3) is 0 Å². The molecular formula is C18H18O6. The van der Waals surface area contributed by atoms with Crippen molar-refractivity contribution in [2.45, 2.75) is 6.61 Å². The van der Waals surface area contributed by atoms with E-state index < -0.39 is 5.97 Å². The summed E-state index contributed by atoms with van der Waals surface area (Å²) >= 11 is 0. The van der Waals surface area contributed by atoms with Gasteiger partial charge in [0.2, 0.25) is 0 Å². The lowest BCUT2D eigenvalue weighted by Crippen LogP contribution is -2.00. The Labute approximate surface area is 139 Å². The molecule has 0 aliphatic rings. The maximum absolute atomic E-state index is 10.6. The molecule has 0 bridgehead atoms. The van der Waals surface area contributed by atoms with Gasteiger partial charge in [0.15, 0.2) is 18.3 Å². The molecule has 2 aromatic carbocycles. The van der Waals surface area contributed by atoms with Crippen LogP contribution in [0.25, 0.3) is 6.08 Å². The van der Waals surface area contributed by atoms with Gasteiger partial charge in [0, 0.05) is 13.2 Å². The molecule has 0 unspecified atom stereocenters. The lowest BCUT2D eigenvalue weighted by molar-refractivity contribution is -0.131. The predicted octanol–water partition coefficient (Wildman–Crippen LogP) is 3.05. The van der Waals surface area contributed by atoms with Crippen LogP contribution in [0.15, 0.2) is 48.5 Å². The molecule has 0 radical (unpaired) electrons. The highest BCUT2D eigenvalue weighted by molar-refractivity contribution is 5.85. The average Bonchev–Trinajstić information content (AvgIpc) is 2.58. The van der Waals surface area contributed by atoms with E-state index >= 15 is 0 Å². The van der Waals surface area contributed by atoms with Gasteiger partial charge in [-0.3, -0.25) is 0 Å². The lowest BCUT2D eigenvalue weighted by Gasteiger charge is -2.10. The maximum Gasteiger partial charge on any atom is 0.328 e. The van der Waals surface area contributed by atoms with Crippen LogP contribution in [0.2, 0.25) is 0 Å². The second-order valence-corrected chi connectivity index (χ2v) is 4.89. The quantitative estimate of drug-likeness (QED) is 0.571. The number of aliphatic carboxylic acids is 1. The summed E-state index contributed by atoms with van der Waals surface area (Å²) in [5.41, 5.74) is 1.47. The number of hydrogen-bond acceptors (Lipinski definition) is 5. The predicted molar refractivity (Wildman–Crippen MR) is 88.1 cm³/mol. The van der Waals surface area contributed by atoms with Crippen molar-refractivity contribution in [3.05, 3.63) is 59.7 Å². The molecule has 0 amide bonds. The van der Waals surface area contributed by atoms with E-state index in [0.717, 1.165) is 11.6 Å². The Morgan fingerprint density at radius 3 is 2.75 bits per heavy atom. The van der Waals surface area contributed by atoms with Crippen molar-refractivity contribution in [1.82, 2.24) is 0 Å². The minimum atomic E-state index is -1.04. The fraction of sp³-hybridized carbons (Fsp3) is 0.167. The van der Waals surface area contributed by atoms with Crippen molar-refractivity contribution in [1.29, 1.82) is 0 Å². The molecule has 0 saturated heterocycles. The third kappa shape index (κ3) is 5.33. The van der Waals surface area contributed by atoms with E-state index in [9.17, 15) is 9.90 Å². The number of phenols is 1. The summed E-state index contributed by atoms with van der Waals surface area (Å²) < 4.78 is 15.8. The number of benzene rings is 2. The summed E-state index contributed by atoms with van der Waals surface area (Å²) in [4.78, 5) is 10.6. The first kappa shape index (κ1) is 17.4. The van der Waals surface area contributed by atoms with Crippen LogP contribution in [-0.2, 0) is 16.1 Å². The second kappa shape index (κ2) is 8.59. The maximum atomic E-state index is 10.6. The Bertz CT molecular complexity index is 723. The average molecular weight is 330 g/mol. The molecule has 0 aliphatic carbocycles. The van der Waals surface area contributed by atoms with Crippen LogP contribution < -0.4 is 9.47 Å². The number of aromatic hydroxyl groups is 1. The molecule has 2 rings (SSSR count). The van der Waals surface area contributed by atoms with Crippen molar-refractivity contribution in [2.75, 3.05) is 13.9 Å². The summed E-state index contributed by atoms with van der Waals surface area (Å²) in [6.45, 7) is 0.382. The molecule has 0 fully saturated rings. The van der Waals surface area contributed by atoms with Crippen molar-refractivity contribution in [2.24, 2.45) is 0 Å². The largest absolute Gasteiger partial charge is 0.504 e. The monoisotopic (exact) mass is 330 g/mol. The topological polar surface area (TPSA) is 85.2 Å². The third-order valence-electron chi connectivity index (χ3n) is 3.04. The molecule has 6 heteroatoms. The van der Waals surface area contributed by atoms with E-state index in [0.29, 0.717) is 11.3 Å². The number of ether oxygens (including phenoxy) is 3. The number of methoxy groups -OCH3 is 1. The molecular weight excluding hydrogens is 312 g/mol. The number of carboxylic acids is 1. The molecule has 0 aromatic heterocycles. The van der Waals surface area contributed by atoms with Crippen molar-refractivity contribution in [3.8, 4) is 17.2 Å². The Morgan fingerprint density at radius 1 is 1.17 bits per heavy atom. The molecule has 0 saturated carbocycles. The molecule has 0 atom stereocenters. The summed E-state index contributed by atoms with van der Waals surface area (Å²) in [6.07, 6.45) is 2.45. The SMILES string of the molecule is COCOc1cccc(COc2cc(/C=C/C(=O)O)ccc2O)c1. The van der Waals surface area contributed by atoms with Crippen molar-refractivity contribution < 1.29 is 29.2 Å². The Hall–Kier alpha value is -2.99. The van der Waals surface area contributed by atoms with Crippen LogP contribution in [-0.4, -0.2) is 30.1 Å². The van der Waals surface area contributed by atoms with Gasteiger partial charge in [-0.15, -0.1) is 0 Å². The smallest absolute Gasteiger partial charge is 0.328 e. The van der Waals surface area contributed by atoms with Gasteiger partial charge in [-0.2, -0.15) is 0 Å². The first-order valence-electron chi connectivity index (χ1n) is 7.16. The van der Waals surface area contributed by atoms with Crippen LogP contribution in [0, 0.1) is 0 Å². The Balaban J connectivity index is 2.05. The zero-order chi connectivity index (χ0) is 17.4. The fourth-order valence-corrected chi connectivity index (χ4v) is 1.93. The molecule has 0 heterocycles. The van der Waals surface area contributed by atoms with Crippen LogP contribution in [0.4, 0.5) is 0 Å². The van der Waals surface area contributed by atoms with Crippen molar-refractivity contribution >= 4 is 12.0 Å². The van der Waals surface area contributed by atoms with Crippen LogP contribution in [0.1, 0.15) is 11.1 Å². The van der Waals surface area contributed by atoms with Gasteiger partial charge >= 0.3 is 5.97 Å². The number of rotatable bonds is 8. The van der Waals surface area contributed by atoms with Gasteiger partial charge in [0.05, 0.1) is 0 Å². The van der Waals surface area contributed by atoms with Crippen LogP contribution >= 0.6 is 0 Å². The highest BCUT2D eigenvalue weighted by Crippen LogP contribution is 2.28. The zero-order valence-electron chi connectivity index (χ0n) is 13.1. The van der Waals surface area contributed by atoms with Crippen LogP contribution in [0.5, 0.6) is 17.2 Å². The highest BCUT2D eigenvalue weighted by Gasteiger charge is 2.05. The molecule has 6 nitrogen and oxygen atoms in total. The van der Waals surface area contributed by atoms with E-state index in [-0.39, 0.29) is 24.9 Å². The molecule has 0 aliphatic heterocycles. The van der Waals surface area contributed by atoms with Crippen LogP contribution in [0.3, 0.4) is 0 Å². The number of carboxylic acid groups (broad SMARTS) is 1. The zero-order valence-corrected chi connectivity index (χ0v) is 13.1. The van der Waals surface area contributed by atoms with Gasteiger partial charge in [0.1, 0.15) is 12.4 Å². The summed E-state index contributed by atoms with van der Waals surface area (Å²) in [5, 5.41) is 18.5. The molecule has 0 spiro atoms. The lowest BCUT2D eigenvalue weighted by atomic mass is 10.2. The Morgan fingerprint density at radius 2 is 2.00 bits per heavy atom. The van der Waals surface area contributed by atoms with Gasteiger partial charge in [-0.25, -0.2) is 4.79 Å². The fourth-order valence-electron chi connectivity index (χ4n) is 1.93. The highest BCUT2D eigenvalue weighted by atomic mass is 16.7. The normalized spacial score (nSPS) is 10.7. The molecule has 2 N–H and O–H groups in total. The molecule has 24 heavy (non-hydrogen) atoms. The number of hydrogen-bond donors (Lipinski definition) is 2. The summed E-state index contributed by atoms with van der Waals surface area (Å²) in [6, 6.07) is 11.9. The van der Waals surface area contributed by atoms with Gasteiger partial charge in [-0.05, 0) is 41.5 Å². The summed E-state index contributed by atoms with van der Waals surface area (Å²) in [7, 11) is 1.54. The second-order valence-electron chi connectivity index (χ2n) is 4.89.